The van der Waals surface area contributed by atoms with E-state index < -0.39 is 35.5 Å². The van der Waals surface area contributed by atoms with Crippen LogP contribution < -0.4 is 5.32 Å². The van der Waals surface area contributed by atoms with Crippen LogP contribution in [0.25, 0.3) is 0 Å². The smallest absolute Gasteiger partial charge is 0.381 e. The summed E-state index contributed by atoms with van der Waals surface area (Å²) in [5.41, 5.74) is 0.128. The maximum atomic E-state index is 14.9. The van der Waals surface area contributed by atoms with Gasteiger partial charge in [0, 0.05) is 29.0 Å². The number of likely N-dealkylation sites (tertiary alicyclic amines) is 1. The first kappa shape index (κ1) is 26.2. The van der Waals surface area contributed by atoms with Gasteiger partial charge in [0.1, 0.15) is 11.9 Å². The van der Waals surface area contributed by atoms with E-state index in [1.807, 2.05) is 6.07 Å². The van der Waals surface area contributed by atoms with Crippen LogP contribution in [0, 0.1) is 34.9 Å². The summed E-state index contributed by atoms with van der Waals surface area (Å²) in [7, 11) is 0. The van der Waals surface area contributed by atoms with E-state index in [1.54, 1.807) is 30.0 Å². The SMILES string of the molecule is CC(C#N)Cc1cccc(C(=O)N2[C@@H](C(=O)N[C@@H](c3ccc(C(F)(F)F)cc3F)C3COC3)C[C@H]3C[C@H]32)c1. The van der Waals surface area contributed by atoms with Crippen molar-refractivity contribution in [3.05, 3.63) is 70.5 Å². The minimum atomic E-state index is -4.69. The fourth-order valence-electron chi connectivity index (χ4n) is 5.46. The monoisotopic (exact) mass is 529 g/mol. The van der Waals surface area contributed by atoms with Crippen molar-refractivity contribution in [3.63, 3.8) is 0 Å². The third-order valence-corrected chi connectivity index (χ3v) is 7.67. The number of carbonyl (C=O) groups excluding carboxylic acids is 2. The minimum Gasteiger partial charge on any atom is -0.381 e. The zero-order valence-electron chi connectivity index (χ0n) is 20.7. The van der Waals surface area contributed by atoms with Crippen molar-refractivity contribution < 1.29 is 31.9 Å². The summed E-state index contributed by atoms with van der Waals surface area (Å²) in [6, 6.07) is 9.79. The van der Waals surface area contributed by atoms with E-state index in [1.165, 1.54) is 0 Å². The van der Waals surface area contributed by atoms with Gasteiger partial charge in [-0.25, -0.2) is 4.39 Å². The van der Waals surface area contributed by atoms with Gasteiger partial charge in [-0.3, -0.25) is 9.59 Å². The molecule has 0 aromatic heterocycles. The maximum absolute atomic E-state index is 14.9. The Bertz CT molecular complexity index is 1290. The number of rotatable bonds is 7. The van der Waals surface area contributed by atoms with E-state index in [0.29, 0.717) is 24.5 Å². The van der Waals surface area contributed by atoms with Gasteiger partial charge < -0.3 is 15.0 Å². The van der Waals surface area contributed by atoms with Gasteiger partial charge in [-0.15, -0.1) is 0 Å². The van der Waals surface area contributed by atoms with Gasteiger partial charge in [-0.05, 0) is 61.9 Å². The Morgan fingerprint density at radius 1 is 1.18 bits per heavy atom. The molecular weight excluding hydrogens is 502 g/mol. The van der Waals surface area contributed by atoms with Crippen LogP contribution in [0.1, 0.15) is 52.9 Å². The zero-order valence-corrected chi connectivity index (χ0v) is 20.7. The van der Waals surface area contributed by atoms with Gasteiger partial charge >= 0.3 is 6.18 Å². The third-order valence-electron chi connectivity index (χ3n) is 7.67. The standard InChI is InChI=1S/C28H27F4N3O3/c1-15(12-33)7-16-3-2-4-17(8-16)27(37)35-23-9-18(23)10-24(35)26(36)34-25(19-13-38-14-19)21-6-5-20(11-22(21)29)28(30,31)32/h2-6,8,11,15,18-19,23-25H,7,9-10,13-14H2,1H3,(H,34,36)/t15?,18-,23-,24-,25-/m1/s1. The number of halogens is 4. The molecule has 2 amide bonds. The number of piperidine rings is 1. The second-order valence-electron chi connectivity index (χ2n) is 10.5. The van der Waals surface area contributed by atoms with Crippen molar-refractivity contribution in [1.82, 2.24) is 10.2 Å². The number of hydrogen-bond donors (Lipinski definition) is 1. The van der Waals surface area contributed by atoms with Crippen LogP contribution in [0.15, 0.2) is 42.5 Å². The van der Waals surface area contributed by atoms with Crippen molar-refractivity contribution >= 4 is 11.8 Å². The zero-order chi connectivity index (χ0) is 27.2. The van der Waals surface area contributed by atoms with Crippen LogP contribution in [-0.2, 0) is 22.1 Å². The average molecular weight is 530 g/mol. The topological polar surface area (TPSA) is 82.4 Å². The molecule has 3 aliphatic rings. The van der Waals surface area contributed by atoms with Crippen LogP contribution >= 0.6 is 0 Å². The number of benzene rings is 2. The summed E-state index contributed by atoms with van der Waals surface area (Å²) in [5, 5.41) is 11.9. The van der Waals surface area contributed by atoms with E-state index >= 15 is 0 Å². The fraction of sp³-hybridized carbons (Fsp3) is 0.464. The number of alkyl halides is 3. The highest BCUT2D eigenvalue weighted by Gasteiger charge is 2.56. The molecule has 2 saturated heterocycles. The number of carbonyl (C=O) groups is 2. The van der Waals surface area contributed by atoms with E-state index in [0.717, 1.165) is 24.1 Å². The second-order valence-corrected chi connectivity index (χ2v) is 10.5. The molecule has 2 aliphatic heterocycles. The highest BCUT2D eigenvalue weighted by molar-refractivity contribution is 5.99. The molecule has 200 valence electrons. The molecule has 0 radical (unpaired) electrons. The lowest BCUT2D eigenvalue weighted by Gasteiger charge is -2.36. The van der Waals surface area contributed by atoms with Crippen LogP contribution in [-0.4, -0.2) is 42.0 Å². The predicted molar refractivity (Wildman–Crippen MR) is 128 cm³/mol. The normalized spacial score (nSPS) is 24.1. The van der Waals surface area contributed by atoms with Crippen molar-refractivity contribution in [3.8, 4) is 6.07 Å². The number of nitrogens with one attached hydrogen (secondary N) is 1. The molecule has 2 heterocycles. The summed E-state index contributed by atoms with van der Waals surface area (Å²) in [6.07, 6.45) is -2.92. The van der Waals surface area contributed by atoms with E-state index in [-0.39, 0.29) is 48.5 Å². The number of amides is 2. The van der Waals surface area contributed by atoms with Gasteiger partial charge in [0.2, 0.25) is 5.91 Å². The van der Waals surface area contributed by atoms with Crippen LogP contribution in [0.3, 0.4) is 0 Å². The van der Waals surface area contributed by atoms with Gasteiger partial charge in [-0.2, -0.15) is 18.4 Å². The molecule has 1 saturated carbocycles. The lowest BCUT2D eigenvalue weighted by atomic mass is 9.90. The molecule has 0 spiro atoms. The Morgan fingerprint density at radius 3 is 2.58 bits per heavy atom. The lowest BCUT2D eigenvalue weighted by Crippen LogP contribution is -2.51. The van der Waals surface area contributed by atoms with Crippen molar-refractivity contribution in [2.45, 2.75) is 50.5 Å². The minimum absolute atomic E-state index is 0.0417. The summed E-state index contributed by atoms with van der Waals surface area (Å²) in [5.74, 6) is -2.12. The molecule has 1 N–H and O–H groups in total. The predicted octanol–water partition coefficient (Wildman–Crippen LogP) is 4.65. The first-order valence-electron chi connectivity index (χ1n) is 12.6. The number of nitrogens with zero attached hydrogens (tertiary/aromatic N) is 2. The Morgan fingerprint density at radius 2 is 1.95 bits per heavy atom. The highest BCUT2D eigenvalue weighted by atomic mass is 19.4. The van der Waals surface area contributed by atoms with Crippen molar-refractivity contribution in [2.75, 3.05) is 13.2 Å². The quantitative estimate of drug-likeness (QED) is 0.530. The molecule has 5 rings (SSSR count). The Labute approximate surface area is 217 Å². The second kappa shape index (κ2) is 10.0. The summed E-state index contributed by atoms with van der Waals surface area (Å²) in [4.78, 5) is 28.6. The molecule has 2 aromatic carbocycles. The fourth-order valence-corrected chi connectivity index (χ4v) is 5.46. The molecule has 0 bridgehead atoms. The largest absolute Gasteiger partial charge is 0.416 e. The number of fused-ring (bicyclic) bond motifs is 1. The van der Waals surface area contributed by atoms with Crippen LogP contribution in [0.2, 0.25) is 0 Å². The first-order valence-corrected chi connectivity index (χ1v) is 12.6. The third kappa shape index (κ3) is 5.12. The number of ether oxygens (including phenoxy) is 1. The summed E-state index contributed by atoms with van der Waals surface area (Å²) >= 11 is 0. The average Bonchev–Trinajstić information content (AvgIpc) is 3.50. The maximum Gasteiger partial charge on any atom is 0.416 e. The van der Waals surface area contributed by atoms with Gasteiger partial charge in [0.05, 0.1) is 30.9 Å². The number of nitriles is 1. The van der Waals surface area contributed by atoms with Crippen molar-refractivity contribution in [1.29, 1.82) is 5.26 Å². The molecule has 1 unspecified atom stereocenters. The molecule has 6 nitrogen and oxygen atoms in total. The van der Waals surface area contributed by atoms with Crippen LogP contribution in [0.4, 0.5) is 17.6 Å². The van der Waals surface area contributed by atoms with E-state index in [4.69, 9.17) is 10.00 Å². The first-order chi connectivity index (χ1) is 18.1. The van der Waals surface area contributed by atoms with Gasteiger partial charge in [-0.1, -0.05) is 18.2 Å². The van der Waals surface area contributed by atoms with E-state index in [9.17, 15) is 27.2 Å². The molecule has 10 heteroatoms. The summed E-state index contributed by atoms with van der Waals surface area (Å²) < 4.78 is 59.2. The molecule has 2 aromatic rings. The van der Waals surface area contributed by atoms with Gasteiger partial charge in [0.25, 0.3) is 5.91 Å². The molecule has 3 fully saturated rings. The lowest BCUT2D eigenvalue weighted by molar-refractivity contribution is -0.138. The van der Waals surface area contributed by atoms with Gasteiger partial charge in [0.15, 0.2) is 0 Å². The Kier molecular flexibility index (Phi) is 6.90. The molecule has 1 aliphatic carbocycles. The molecule has 5 atom stereocenters. The molecular formula is C28H27F4N3O3. The Balaban J connectivity index is 1.36. The summed E-state index contributed by atoms with van der Waals surface area (Å²) in [6.45, 7) is 2.27. The Hall–Kier alpha value is -3.45. The van der Waals surface area contributed by atoms with Crippen molar-refractivity contribution in [2.24, 2.45) is 17.8 Å². The highest BCUT2D eigenvalue weighted by Crippen LogP contribution is 2.48. The number of hydrogen-bond acceptors (Lipinski definition) is 4. The molecule has 38 heavy (non-hydrogen) atoms. The van der Waals surface area contributed by atoms with E-state index in [2.05, 4.69) is 11.4 Å². The van der Waals surface area contributed by atoms with Crippen LogP contribution in [0.5, 0.6) is 0 Å².